The van der Waals surface area contributed by atoms with Crippen LogP contribution in [0.4, 0.5) is 5.69 Å². The van der Waals surface area contributed by atoms with Crippen molar-refractivity contribution in [2.24, 2.45) is 4.99 Å². The van der Waals surface area contributed by atoms with Crippen LogP contribution in [0.15, 0.2) is 53.5 Å². The van der Waals surface area contributed by atoms with E-state index in [9.17, 15) is 0 Å². The highest BCUT2D eigenvalue weighted by molar-refractivity contribution is 5.82. The zero-order valence-corrected chi connectivity index (χ0v) is 19.5. The van der Waals surface area contributed by atoms with Gasteiger partial charge in [-0.2, -0.15) is 0 Å². The monoisotopic (exact) mass is 409 g/mol. The second-order valence-electron chi connectivity index (χ2n) is 8.24. The Kier molecular flexibility index (Phi) is 10.3. The molecule has 0 aliphatic rings. The Morgan fingerprint density at radius 2 is 1.20 bits per heavy atom. The van der Waals surface area contributed by atoms with Crippen LogP contribution in [0, 0.1) is 0 Å². The third-order valence-corrected chi connectivity index (χ3v) is 5.10. The number of guanidine groups is 1. The predicted molar refractivity (Wildman–Crippen MR) is 130 cm³/mol. The number of hydrogen-bond donors (Lipinski definition) is 0. The van der Waals surface area contributed by atoms with Crippen LogP contribution in [-0.2, 0) is 0 Å². The molecule has 4 heteroatoms. The average Bonchev–Trinajstić information content (AvgIpc) is 2.74. The van der Waals surface area contributed by atoms with Gasteiger partial charge in [0.25, 0.3) is 0 Å². The minimum Gasteiger partial charge on any atom is -0.494 e. The van der Waals surface area contributed by atoms with Crippen molar-refractivity contribution in [2.45, 2.75) is 51.9 Å². The van der Waals surface area contributed by atoms with Gasteiger partial charge in [-0.25, -0.2) is 4.99 Å². The fourth-order valence-electron chi connectivity index (χ4n) is 3.44. The smallest absolute Gasteiger partial charge is 0.200 e. The summed E-state index contributed by atoms with van der Waals surface area (Å²) in [6.07, 6.45) is 9.14. The zero-order valence-electron chi connectivity index (χ0n) is 19.5. The number of aliphatic imine (C=N–C) groups is 1. The first-order valence-electron chi connectivity index (χ1n) is 11.3. The van der Waals surface area contributed by atoms with Gasteiger partial charge in [0.05, 0.1) is 12.3 Å². The van der Waals surface area contributed by atoms with Crippen LogP contribution in [0.3, 0.4) is 0 Å². The van der Waals surface area contributed by atoms with Gasteiger partial charge in [-0.05, 0) is 41.8 Å². The van der Waals surface area contributed by atoms with E-state index in [1.807, 2.05) is 38.0 Å². The van der Waals surface area contributed by atoms with Gasteiger partial charge in [0.15, 0.2) is 0 Å². The molecular weight excluding hydrogens is 370 g/mol. The van der Waals surface area contributed by atoms with E-state index in [4.69, 9.17) is 9.73 Å². The molecule has 2 aromatic rings. The summed E-state index contributed by atoms with van der Waals surface area (Å²) in [5.41, 5.74) is 3.32. The molecule has 0 bridgehead atoms. The van der Waals surface area contributed by atoms with Crippen molar-refractivity contribution in [2.75, 3.05) is 34.8 Å². The summed E-state index contributed by atoms with van der Waals surface area (Å²) in [7, 11) is 8.02. The molecule has 0 amide bonds. The second kappa shape index (κ2) is 12.9. The summed E-state index contributed by atoms with van der Waals surface area (Å²) in [5.74, 6) is 1.87. The number of benzene rings is 2. The zero-order chi connectivity index (χ0) is 21.8. The van der Waals surface area contributed by atoms with Crippen LogP contribution in [-0.4, -0.2) is 50.6 Å². The molecule has 0 saturated heterocycles. The van der Waals surface area contributed by atoms with E-state index in [0.29, 0.717) is 0 Å². The SMILES string of the molecule is CCCCCCCCCOc1ccc(-c2ccc(N=C(N(C)C)N(C)C)cc2)cc1. The van der Waals surface area contributed by atoms with Gasteiger partial charge in [-0.15, -0.1) is 0 Å². The summed E-state index contributed by atoms with van der Waals surface area (Å²) in [6, 6.07) is 16.8. The van der Waals surface area contributed by atoms with E-state index < -0.39 is 0 Å². The molecule has 0 spiro atoms. The Morgan fingerprint density at radius 3 is 1.73 bits per heavy atom. The molecule has 0 atom stereocenters. The lowest BCUT2D eigenvalue weighted by molar-refractivity contribution is 0.304. The van der Waals surface area contributed by atoms with Gasteiger partial charge in [-0.3, -0.25) is 0 Å². The van der Waals surface area contributed by atoms with E-state index in [0.717, 1.165) is 30.4 Å². The molecule has 0 radical (unpaired) electrons. The van der Waals surface area contributed by atoms with Crippen LogP contribution in [0.5, 0.6) is 5.75 Å². The maximum atomic E-state index is 5.91. The maximum absolute atomic E-state index is 5.91. The number of rotatable bonds is 11. The van der Waals surface area contributed by atoms with Gasteiger partial charge >= 0.3 is 0 Å². The quantitative estimate of drug-likeness (QED) is 0.238. The maximum Gasteiger partial charge on any atom is 0.200 e. The summed E-state index contributed by atoms with van der Waals surface area (Å²) in [4.78, 5) is 8.75. The Labute approximate surface area is 183 Å². The first-order chi connectivity index (χ1) is 14.5. The molecule has 30 heavy (non-hydrogen) atoms. The fraction of sp³-hybridized carbons (Fsp3) is 0.500. The molecule has 0 saturated carbocycles. The van der Waals surface area contributed by atoms with Crippen molar-refractivity contribution in [1.29, 1.82) is 0 Å². The van der Waals surface area contributed by atoms with Crippen molar-refractivity contribution < 1.29 is 4.74 Å². The highest BCUT2D eigenvalue weighted by Gasteiger charge is 2.05. The second-order valence-corrected chi connectivity index (χ2v) is 8.24. The lowest BCUT2D eigenvalue weighted by Gasteiger charge is -2.22. The number of hydrogen-bond acceptors (Lipinski definition) is 2. The Balaban J connectivity index is 1.84. The fourth-order valence-corrected chi connectivity index (χ4v) is 3.44. The largest absolute Gasteiger partial charge is 0.494 e. The molecule has 0 fully saturated rings. The van der Waals surface area contributed by atoms with Crippen LogP contribution in [0.1, 0.15) is 51.9 Å². The van der Waals surface area contributed by atoms with Crippen LogP contribution in [0.2, 0.25) is 0 Å². The summed E-state index contributed by atoms with van der Waals surface area (Å²) >= 11 is 0. The van der Waals surface area contributed by atoms with Crippen molar-refractivity contribution in [3.05, 3.63) is 48.5 Å². The molecule has 2 aromatic carbocycles. The van der Waals surface area contributed by atoms with Gasteiger partial charge in [0.2, 0.25) is 5.96 Å². The molecule has 0 aliphatic heterocycles. The minimum atomic E-state index is 0.805. The van der Waals surface area contributed by atoms with Crippen LogP contribution >= 0.6 is 0 Å². The first-order valence-corrected chi connectivity index (χ1v) is 11.3. The predicted octanol–water partition coefficient (Wildman–Crippen LogP) is 6.59. The van der Waals surface area contributed by atoms with Gasteiger partial charge in [0.1, 0.15) is 5.75 Å². The topological polar surface area (TPSA) is 28.1 Å². The van der Waals surface area contributed by atoms with E-state index in [1.54, 1.807) is 0 Å². The number of nitrogens with zero attached hydrogens (tertiary/aromatic N) is 3. The van der Waals surface area contributed by atoms with Gasteiger partial charge in [-0.1, -0.05) is 69.7 Å². The Hall–Kier alpha value is -2.49. The third kappa shape index (κ3) is 8.10. The molecule has 4 nitrogen and oxygen atoms in total. The summed E-state index contributed by atoms with van der Waals surface area (Å²) < 4.78 is 5.91. The highest BCUT2D eigenvalue weighted by atomic mass is 16.5. The van der Waals surface area contributed by atoms with Gasteiger partial charge in [0, 0.05) is 28.2 Å². The van der Waals surface area contributed by atoms with Crippen molar-refractivity contribution in [3.63, 3.8) is 0 Å². The van der Waals surface area contributed by atoms with E-state index in [2.05, 4.69) is 55.5 Å². The first kappa shape index (κ1) is 23.8. The van der Waals surface area contributed by atoms with Crippen molar-refractivity contribution in [1.82, 2.24) is 9.80 Å². The number of ether oxygens (including phenoxy) is 1. The minimum absolute atomic E-state index is 0.805. The van der Waals surface area contributed by atoms with E-state index in [-0.39, 0.29) is 0 Å². The highest BCUT2D eigenvalue weighted by Crippen LogP contribution is 2.25. The Bertz CT molecular complexity index is 739. The lowest BCUT2D eigenvalue weighted by Crippen LogP contribution is -2.35. The molecular formula is C26H39N3O. The molecule has 164 valence electrons. The summed E-state index contributed by atoms with van der Waals surface area (Å²) in [5, 5.41) is 0. The van der Waals surface area contributed by atoms with E-state index >= 15 is 0 Å². The van der Waals surface area contributed by atoms with E-state index in [1.165, 1.54) is 49.7 Å². The molecule has 2 rings (SSSR count). The van der Waals surface area contributed by atoms with Crippen LogP contribution < -0.4 is 4.74 Å². The molecule has 0 unspecified atom stereocenters. The summed E-state index contributed by atoms with van der Waals surface area (Å²) in [6.45, 7) is 3.07. The van der Waals surface area contributed by atoms with Gasteiger partial charge < -0.3 is 14.5 Å². The standard InChI is InChI=1S/C26H39N3O/c1-6-7-8-9-10-11-12-21-30-25-19-15-23(16-20-25)22-13-17-24(18-14-22)27-26(28(2)3)29(4)5/h13-20H,6-12,21H2,1-5H3. The Morgan fingerprint density at radius 1 is 0.700 bits per heavy atom. The van der Waals surface area contributed by atoms with Crippen molar-refractivity contribution >= 4 is 11.6 Å². The normalized spacial score (nSPS) is 10.6. The molecule has 0 aromatic heterocycles. The van der Waals surface area contributed by atoms with Crippen LogP contribution in [0.25, 0.3) is 11.1 Å². The molecule has 0 N–H and O–H groups in total. The lowest BCUT2D eigenvalue weighted by atomic mass is 10.1. The average molecular weight is 410 g/mol. The molecule has 0 heterocycles. The molecule has 0 aliphatic carbocycles. The number of unbranched alkanes of at least 4 members (excludes halogenated alkanes) is 6. The van der Waals surface area contributed by atoms with Crippen molar-refractivity contribution in [3.8, 4) is 16.9 Å². The third-order valence-electron chi connectivity index (χ3n) is 5.10.